The summed E-state index contributed by atoms with van der Waals surface area (Å²) in [6.45, 7) is 1.07. The number of amides is 1. The van der Waals surface area contributed by atoms with Crippen molar-refractivity contribution in [2.75, 3.05) is 27.0 Å². The van der Waals surface area contributed by atoms with Crippen molar-refractivity contribution in [1.82, 2.24) is 4.90 Å². The molecule has 0 aromatic heterocycles. The third-order valence-electron chi connectivity index (χ3n) is 5.13. The Morgan fingerprint density at radius 3 is 1.52 bits per heavy atom. The molecule has 0 unspecified atom stereocenters. The SMILES string of the molecule is CCCCCCCCCCCCCCC(CO)(CO)C(=O)N(C)CO. The number of aliphatic hydroxyl groups is 3. The Labute approximate surface area is 154 Å². The second-order valence-corrected chi connectivity index (χ2v) is 7.38. The second kappa shape index (κ2) is 15.6. The minimum atomic E-state index is -1.16. The van der Waals surface area contributed by atoms with E-state index in [2.05, 4.69) is 6.92 Å². The smallest absolute Gasteiger partial charge is 0.235 e. The summed E-state index contributed by atoms with van der Waals surface area (Å²) < 4.78 is 0. The normalized spacial score (nSPS) is 11.7. The molecule has 0 bridgehead atoms. The zero-order valence-corrected chi connectivity index (χ0v) is 16.5. The van der Waals surface area contributed by atoms with Crippen molar-refractivity contribution in [2.45, 2.75) is 90.4 Å². The van der Waals surface area contributed by atoms with Crippen LogP contribution >= 0.6 is 0 Å². The van der Waals surface area contributed by atoms with Gasteiger partial charge in [-0.1, -0.05) is 84.0 Å². The Balaban J connectivity index is 3.78. The Kier molecular flexibility index (Phi) is 15.2. The zero-order chi connectivity index (χ0) is 19.0. The van der Waals surface area contributed by atoms with Gasteiger partial charge in [-0.3, -0.25) is 4.79 Å². The van der Waals surface area contributed by atoms with Gasteiger partial charge < -0.3 is 20.2 Å². The van der Waals surface area contributed by atoms with E-state index < -0.39 is 12.1 Å². The van der Waals surface area contributed by atoms with E-state index in [9.17, 15) is 15.0 Å². The van der Waals surface area contributed by atoms with E-state index in [4.69, 9.17) is 5.11 Å². The molecule has 150 valence electrons. The first kappa shape index (κ1) is 24.4. The van der Waals surface area contributed by atoms with Gasteiger partial charge in [0.1, 0.15) is 6.73 Å². The Bertz CT molecular complexity index is 319. The fraction of sp³-hybridized carbons (Fsp3) is 0.950. The molecule has 0 saturated carbocycles. The fourth-order valence-corrected chi connectivity index (χ4v) is 3.22. The summed E-state index contributed by atoms with van der Waals surface area (Å²) in [5, 5.41) is 28.2. The largest absolute Gasteiger partial charge is 0.395 e. The van der Waals surface area contributed by atoms with Crippen LogP contribution in [0.1, 0.15) is 90.4 Å². The summed E-state index contributed by atoms with van der Waals surface area (Å²) >= 11 is 0. The van der Waals surface area contributed by atoms with Crippen LogP contribution in [0.15, 0.2) is 0 Å². The first-order chi connectivity index (χ1) is 12.1. The number of hydrogen-bond donors (Lipinski definition) is 3. The molecule has 1 amide bonds. The number of aliphatic hydroxyl groups excluding tert-OH is 3. The van der Waals surface area contributed by atoms with Crippen molar-refractivity contribution >= 4 is 5.91 Å². The molecule has 0 heterocycles. The summed E-state index contributed by atoms with van der Waals surface area (Å²) in [6, 6.07) is 0. The average Bonchev–Trinajstić information content (AvgIpc) is 2.65. The van der Waals surface area contributed by atoms with E-state index in [1.165, 1.54) is 64.8 Å². The highest BCUT2D eigenvalue weighted by molar-refractivity contribution is 5.82. The zero-order valence-electron chi connectivity index (χ0n) is 16.5. The van der Waals surface area contributed by atoms with E-state index >= 15 is 0 Å². The molecule has 0 rings (SSSR count). The average molecular weight is 360 g/mol. The fourth-order valence-electron chi connectivity index (χ4n) is 3.22. The van der Waals surface area contributed by atoms with E-state index in [-0.39, 0.29) is 19.1 Å². The molecule has 0 saturated heterocycles. The van der Waals surface area contributed by atoms with Gasteiger partial charge in [-0.05, 0) is 6.42 Å². The van der Waals surface area contributed by atoms with Crippen LogP contribution in [-0.4, -0.2) is 53.1 Å². The van der Waals surface area contributed by atoms with Gasteiger partial charge in [0.05, 0.1) is 18.6 Å². The predicted molar refractivity (Wildman–Crippen MR) is 102 cm³/mol. The Morgan fingerprint density at radius 1 is 0.760 bits per heavy atom. The maximum Gasteiger partial charge on any atom is 0.235 e. The maximum absolute atomic E-state index is 12.2. The summed E-state index contributed by atoms with van der Waals surface area (Å²) in [5.74, 6) is -0.386. The summed E-state index contributed by atoms with van der Waals surface area (Å²) in [7, 11) is 1.48. The van der Waals surface area contributed by atoms with Crippen LogP contribution in [0.25, 0.3) is 0 Å². The number of unbranched alkanes of at least 4 members (excludes halogenated alkanes) is 11. The van der Waals surface area contributed by atoms with Crippen LogP contribution in [0, 0.1) is 5.41 Å². The first-order valence-corrected chi connectivity index (χ1v) is 10.2. The summed E-state index contributed by atoms with van der Waals surface area (Å²) in [6.07, 6.45) is 15.3. The molecule has 0 spiro atoms. The van der Waals surface area contributed by atoms with Crippen LogP contribution in [0.2, 0.25) is 0 Å². The first-order valence-electron chi connectivity index (χ1n) is 10.2. The number of carbonyl (C=O) groups excluding carboxylic acids is 1. The lowest BCUT2D eigenvalue weighted by atomic mass is 9.82. The lowest BCUT2D eigenvalue weighted by Crippen LogP contribution is -2.47. The third-order valence-corrected chi connectivity index (χ3v) is 5.13. The van der Waals surface area contributed by atoms with Crippen molar-refractivity contribution in [3.05, 3.63) is 0 Å². The monoisotopic (exact) mass is 359 g/mol. The van der Waals surface area contributed by atoms with Crippen molar-refractivity contribution in [2.24, 2.45) is 5.41 Å². The van der Waals surface area contributed by atoms with Gasteiger partial charge in [-0.15, -0.1) is 0 Å². The maximum atomic E-state index is 12.2. The molecule has 0 aliphatic heterocycles. The van der Waals surface area contributed by atoms with E-state index in [1.54, 1.807) is 0 Å². The molecule has 5 heteroatoms. The molecule has 0 radical (unpaired) electrons. The van der Waals surface area contributed by atoms with Crippen LogP contribution < -0.4 is 0 Å². The van der Waals surface area contributed by atoms with Gasteiger partial charge in [0.2, 0.25) is 5.91 Å². The summed E-state index contributed by atoms with van der Waals surface area (Å²) in [5.41, 5.74) is -1.16. The molecule has 3 N–H and O–H groups in total. The third kappa shape index (κ3) is 10.2. The molecule has 0 aromatic carbocycles. The lowest BCUT2D eigenvalue weighted by molar-refractivity contribution is -0.150. The van der Waals surface area contributed by atoms with Crippen molar-refractivity contribution < 1.29 is 20.1 Å². The highest BCUT2D eigenvalue weighted by atomic mass is 16.3. The van der Waals surface area contributed by atoms with Crippen molar-refractivity contribution in [3.63, 3.8) is 0 Å². The number of rotatable bonds is 17. The highest BCUT2D eigenvalue weighted by Crippen LogP contribution is 2.27. The van der Waals surface area contributed by atoms with E-state index in [0.29, 0.717) is 6.42 Å². The van der Waals surface area contributed by atoms with Crippen LogP contribution in [-0.2, 0) is 4.79 Å². The molecule has 25 heavy (non-hydrogen) atoms. The number of hydrogen-bond acceptors (Lipinski definition) is 4. The Hall–Kier alpha value is -0.650. The molecule has 0 aliphatic carbocycles. The molecule has 0 aromatic rings. The van der Waals surface area contributed by atoms with Gasteiger partial charge in [0.25, 0.3) is 0 Å². The minimum absolute atomic E-state index is 0.384. The van der Waals surface area contributed by atoms with Crippen LogP contribution in [0.5, 0.6) is 0 Å². The quantitative estimate of drug-likeness (QED) is 0.274. The van der Waals surface area contributed by atoms with Crippen LogP contribution in [0.3, 0.4) is 0 Å². The van der Waals surface area contributed by atoms with E-state index in [0.717, 1.165) is 24.2 Å². The minimum Gasteiger partial charge on any atom is -0.395 e. The van der Waals surface area contributed by atoms with Gasteiger partial charge in [0.15, 0.2) is 0 Å². The molecular weight excluding hydrogens is 318 g/mol. The lowest BCUT2D eigenvalue weighted by Gasteiger charge is -2.32. The van der Waals surface area contributed by atoms with Crippen molar-refractivity contribution in [1.29, 1.82) is 0 Å². The van der Waals surface area contributed by atoms with Gasteiger partial charge >= 0.3 is 0 Å². The van der Waals surface area contributed by atoms with Crippen molar-refractivity contribution in [3.8, 4) is 0 Å². The molecular formula is C20H41NO4. The number of carbonyl (C=O) groups is 1. The predicted octanol–water partition coefficient (Wildman–Crippen LogP) is 3.46. The summed E-state index contributed by atoms with van der Waals surface area (Å²) in [4.78, 5) is 13.4. The molecule has 0 aliphatic rings. The van der Waals surface area contributed by atoms with E-state index in [1.807, 2.05) is 0 Å². The topological polar surface area (TPSA) is 81.0 Å². The molecule has 0 atom stereocenters. The Morgan fingerprint density at radius 2 is 1.16 bits per heavy atom. The van der Waals surface area contributed by atoms with Gasteiger partial charge in [-0.2, -0.15) is 0 Å². The second-order valence-electron chi connectivity index (χ2n) is 7.38. The van der Waals surface area contributed by atoms with Crippen LogP contribution in [0.4, 0.5) is 0 Å². The molecule has 5 nitrogen and oxygen atoms in total. The number of nitrogens with zero attached hydrogens (tertiary/aromatic N) is 1. The molecule has 0 fully saturated rings. The van der Waals surface area contributed by atoms with Gasteiger partial charge in [0, 0.05) is 7.05 Å². The van der Waals surface area contributed by atoms with Gasteiger partial charge in [-0.25, -0.2) is 0 Å². The highest BCUT2D eigenvalue weighted by Gasteiger charge is 2.38. The standard InChI is InChI=1S/C20H41NO4/c1-3-4-5-6-7-8-9-10-11-12-13-14-15-20(16-22,17-23)19(25)21(2)18-24/h22-24H,3-18H2,1-2H3.